The minimum atomic E-state index is -3.98. The van der Waals surface area contributed by atoms with Crippen molar-refractivity contribution in [1.29, 1.82) is 0 Å². The number of alkyl carbamates (subject to hydrolysis) is 1. The Hall–Kier alpha value is -3.07. The van der Waals surface area contributed by atoms with Crippen molar-refractivity contribution in [1.82, 2.24) is 5.32 Å². The van der Waals surface area contributed by atoms with Crippen LogP contribution in [-0.4, -0.2) is 44.0 Å². The van der Waals surface area contributed by atoms with Gasteiger partial charge in [-0.2, -0.15) is 0 Å². The maximum absolute atomic E-state index is 13.6. The minimum Gasteiger partial charge on any atom is -0.454 e. The van der Waals surface area contributed by atoms with Gasteiger partial charge in [-0.25, -0.2) is 13.2 Å². The van der Waals surface area contributed by atoms with Crippen molar-refractivity contribution in [2.24, 2.45) is 0 Å². The smallest absolute Gasteiger partial charge is 0.408 e. The molecular formula is C23H25NO7S. The van der Waals surface area contributed by atoms with E-state index in [1.165, 1.54) is 12.1 Å². The fraction of sp³-hybridized carbons (Fsp3) is 0.391. The number of carbonyl (C=O) groups excluding carboxylic acids is 2. The van der Waals surface area contributed by atoms with E-state index in [0.29, 0.717) is 23.3 Å². The van der Waals surface area contributed by atoms with Crippen molar-refractivity contribution < 1.29 is 32.2 Å². The summed E-state index contributed by atoms with van der Waals surface area (Å²) in [6.45, 7) is 6.96. The molecule has 1 aliphatic carbocycles. The summed E-state index contributed by atoms with van der Waals surface area (Å²) in [5, 5.41) is 1.34. The molecule has 32 heavy (non-hydrogen) atoms. The standard InChI is InChI=1S/C23H25NO7S/c1-14-5-8-16(9-6-14)32(27,28)20-19(15-7-10-17-18(11-15)30-13-29-17)23(20,12-25)24-21(26)31-22(2,3)4/h5-12,19-20H,13H2,1-4H3,(H,24,26)/t19-,20+,23-/m1/s1. The zero-order chi connectivity index (χ0) is 23.3. The Labute approximate surface area is 186 Å². The van der Waals surface area contributed by atoms with Gasteiger partial charge in [-0.1, -0.05) is 23.8 Å². The van der Waals surface area contributed by atoms with Crippen LogP contribution in [0.4, 0.5) is 4.79 Å². The predicted octanol–water partition coefficient (Wildman–Crippen LogP) is 3.13. The first kappa shape index (κ1) is 22.1. The Bertz CT molecular complexity index is 1170. The second-order valence-electron chi connectivity index (χ2n) is 9.05. The number of aldehydes is 1. The fourth-order valence-corrected chi connectivity index (χ4v) is 6.29. The van der Waals surface area contributed by atoms with Gasteiger partial charge in [0.1, 0.15) is 22.7 Å². The maximum atomic E-state index is 13.6. The van der Waals surface area contributed by atoms with E-state index < -0.39 is 38.2 Å². The molecule has 4 rings (SSSR count). The monoisotopic (exact) mass is 459 g/mol. The molecule has 0 aromatic heterocycles. The van der Waals surface area contributed by atoms with Crippen LogP contribution in [0.2, 0.25) is 0 Å². The average Bonchev–Trinajstić information content (AvgIpc) is 3.13. The van der Waals surface area contributed by atoms with Crippen LogP contribution in [0.5, 0.6) is 11.5 Å². The molecule has 0 bridgehead atoms. The van der Waals surface area contributed by atoms with Crippen molar-refractivity contribution in [2.75, 3.05) is 6.79 Å². The molecule has 1 heterocycles. The SMILES string of the molecule is Cc1ccc(S(=O)(=O)[C@H]2[C@@H](c3ccc4c(c3)OCO4)[C@@]2(C=O)NC(=O)OC(C)(C)C)cc1. The molecule has 0 radical (unpaired) electrons. The highest BCUT2D eigenvalue weighted by Gasteiger charge is 2.73. The number of carbonyl (C=O) groups is 2. The summed E-state index contributed by atoms with van der Waals surface area (Å²) in [5.74, 6) is 0.162. The molecular weight excluding hydrogens is 434 g/mol. The lowest BCUT2D eigenvalue weighted by molar-refractivity contribution is -0.110. The van der Waals surface area contributed by atoms with E-state index in [4.69, 9.17) is 14.2 Å². The molecule has 9 heteroatoms. The highest BCUT2D eigenvalue weighted by atomic mass is 32.2. The molecule has 0 unspecified atom stereocenters. The maximum Gasteiger partial charge on any atom is 0.408 e. The largest absolute Gasteiger partial charge is 0.454 e. The van der Waals surface area contributed by atoms with Gasteiger partial charge in [0.05, 0.1) is 4.90 Å². The lowest BCUT2D eigenvalue weighted by Gasteiger charge is -2.22. The van der Waals surface area contributed by atoms with Gasteiger partial charge in [-0.3, -0.25) is 0 Å². The van der Waals surface area contributed by atoms with Crippen LogP contribution < -0.4 is 14.8 Å². The van der Waals surface area contributed by atoms with Gasteiger partial charge in [0, 0.05) is 5.92 Å². The van der Waals surface area contributed by atoms with Gasteiger partial charge in [-0.15, -0.1) is 0 Å². The van der Waals surface area contributed by atoms with E-state index in [9.17, 15) is 18.0 Å². The zero-order valence-corrected chi connectivity index (χ0v) is 19.1. The molecule has 1 aliphatic heterocycles. The minimum absolute atomic E-state index is 0.0591. The molecule has 170 valence electrons. The van der Waals surface area contributed by atoms with E-state index in [1.807, 2.05) is 6.92 Å². The van der Waals surface area contributed by atoms with Crippen molar-refractivity contribution in [3.8, 4) is 11.5 Å². The lowest BCUT2D eigenvalue weighted by atomic mass is 10.1. The number of nitrogens with one attached hydrogen (secondary N) is 1. The quantitative estimate of drug-likeness (QED) is 0.685. The van der Waals surface area contributed by atoms with Gasteiger partial charge in [0.15, 0.2) is 21.3 Å². The molecule has 0 spiro atoms. The van der Waals surface area contributed by atoms with E-state index >= 15 is 0 Å². The first-order valence-electron chi connectivity index (χ1n) is 10.2. The second kappa shape index (κ2) is 7.51. The van der Waals surface area contributed by atoms with Crippen LogP contribution in [-0.2, 0) is 19.4 Å². The van der Waals surface area contributed by atoms with E-state index in [-0.39, 0.29) is 11.7 Å². The number of amides is 1. The number of sulfone groups is 1. The van der Waals surface area contributed by atoms with Gasteiger partial charge >= 0.3 is 6.09 Å². The molecule has 2 aromatic carbocycles. The molecule has 1 amide bonds. The molecule has 2 aliphatic rings. The van der Waals surface area contributed by atoms with Gasteiger partial charge in [0.25, 0.3) is 0 Å². The fourth-order valence-electron chi connectivity index (χ4n) is 4.04. The summed E-state index contributed by atoms with van der Waals surface area (Å²) in [4.78, 5) is 25.0. The first-order chi connectivity index (χ1) is 15.0. The van der Waals surface area contributed by atoms with E-state index in [2.05, 4.69) is 5.32 Å². The number of hydrogen-bond donors (Lipinski definition) is 1. The molecule has 2 aromatic rings. The number of rotatable bonds is 5. The van der Waals surface area contributed by atoms with Gasteiger partial charge < -0.3 is 24.3 Å². The number of hydrogen-bond acceptors (Lipinski definition) is 7. The Balaban J connectivity index is 1.76. The van der Waals surface area contributed by atoms with Crippen molar-refractivity contribution >= 4 is 22.2 Å². The van der Waals surface area contributed by atoms with Crippen LogP contribution in [0.15, 0.2) is 47.4 Å². The van der Waals surface area contributed by atoms with Crippen molar-refractivity contribution in [3.63, 3.8) is 0 Å². The number of benzene rings is 2. The normalized spacial score (nSPS) is 24.0. The Morgan fingerprint density at radius 1 is 1.12 bits per heavy atom. The van der Waals surface area contributed by atoms with Crippen LogP contribution in [0, 0.1) is 6.92 Å². The van der Waals surface area contributed by atoms with Crippen LogP contribution in [0.3, 0.4) is 0 Å². The Morgan fingerprint density at radius 2 is 1.78 bits per heavy atom. The molecule has 0 saturated heterocycles. The topological polar surface area (TPSA) is 108 Å². The third-order valence-electron chi connectivity index (χ3n) is 5.53. The number of aryl methyl sites for hydroxylation is 1. The third kappa shape index (κ3) is 3.81. The summed E-state index contributed by atoms with van der Waals surface area (Å²) >= 11 is 0. The number of ether oxygens (including phenoxy) is 3. The average molecular weight is 460 g/mol. The van der Waals surface area contributed by atoms with Crippen molar-refractivity contribution in [3.05, 3.63) is 53.6 Å². The van der Waals surface area contributed by atoms with E-state index in [0.717, 1.165) is 5.56 Å². The highest BCUT2D eigenvalue weighted by molar-refractivity contribution is 7.92. The summed E-state index contributed by atoms with van der Waals surface area (Å²) in [6, 6.07) is 11.4. The van der Waals surface area contributed by atoms with Crippen LogP contribution >= 0.6 is 0 Å². The molecule has 1 fully saturated rings. The first-order valence-corrected chi connectivity index (χ1v) is 11.7. The second-order valence-corrected chi connectivity index (χ2v) is 11.1. The highest BCUT2D eigenvalue weighted by Crippen LogP contribution is 2.57. The predicted molar refractivity (Wildman–Crippen MR) is 116 cm³/mol. The van der Waals surface area contributed by atoms with Crippen LogP contribution in [0.1, 0.15) is 37.8 Å². The number of fused-ring (bicyclic) bond motifs is 1. The zero-order valence-electron chi connectivity index (χ0n) is 18.2. The summed E-state index contributed by atoms with van der Waals surface area (Å²) in [6.07, 6.45) is -0.375. The Morgan fingerprint density at radius 3 is 2.41 bits per heavy atom. The van der Waals surface area contributed by atoms with Gasteiger partial charge in [-0.05, 0) is 57.5 Å². The van der Waals surface area contributed by atoms with Crippen molar-refractivity contribution in [2.45, 2.75) is 54.9 Å². The Kier molecular flexibility index (Phi) is 5.20. The van der Waals surface area contributed by atoms with Gasteiger partial charge in [0.2, 0.25) is 6.79 Å². The molecule has 3 atom stereocenters. The van der Waals surface area contributed by atoms with E-state index in [1.54, 1.807) is 51.1 Å². The van der Waals surface area contributed by atoms with Crippen LogP contribution in [0.25, 0.3) is 0 Å². The molecule has 8 nitrogen and oxygen atoms in total. The molecule has 1 saturated carbocycles. The molecule has 1 N–H and O–H groups in total. The summed E-state index contributed by atoms with van der Waals surface area (Å²) in [5.41, 5.74) is -1.05. The summed E-state index contributed by atoms with van der Waals surface area (Å²) < 4.78 is 43.2. The lowest BCUT2D eigenvalue weighted by Crippen LogP contribution is -2.45. The summed E-state index contributed by atoms with van der Waals surface area (Å²) in [7, 11) is -3.98. The third-order valence-corrected chi connectivity index (χ3v) is 7.79.